The number of aliphatic hydroxyl groups is 5. The van der Waals surface area contributed by atoms with Gasteiger partial charge in [0.25, 0.3) is 0 Å². The smallest absolute Gasteiger partial charge is 0.151 e. The van der Waals surface area contributed by atoms with Crippen molar-refractivity contribution >= 4 is 6.29 Å². The maximum atomic E-state index is 9.90. The van der Waals surface area contributed by atoms with Crippen LogP contribution in [0.25, 0.3) is 0 Å². The fourth-order valence-electron chi connectivity index (χ4n) is 0.618. The molecule has 4 atom stereocenters. The third-order valence-electron chi connectivity index (χ3n) is 1.42. The van der Waals surface area contributed by atoms with Gasteiger partial charge in [-0.15, -0.1) is 0 Å². The average Bonchev–Trinajstić information content (AvgIpc) is 2.12. The molecule has 0 aliphatic carbocycles. The monoisotopic (exact) mass is 235 g/mol. The van der Waals surface area contributed by atoms with Crippen LogP contribution in [0.4, 0.5) is 0 Å². The Bertz CT molecular complexity index is 143. The third kappa shape index (κ3) is 4.68. The van der Waals surface area contributed by atoms with Gasteiger partial charge in [0.1, 0.15) is 24.4 Å². The third-order valence-corrected chi connectivity index (χ3v) is 1.42. The van der Waals surface area contributed by atoms with Crippen molar-refractivity contribution in [2.75, 3.05) is 6.61 Å². The molecule has 0 aliphatic heterocycles. The molecule has 0 aromatic rings. The van der Waals surface area contributed by atoms with Gasteiger partial charge in [-0.3, -0.25) is 0 Å². The Kier molecular flexibility index (Phi) is 8.80. The van der Waals surface area contributed by atoms with Crippen molar-refractivity contribution in [2.24, 2.45) is 0 Å². The average molecular weight is 235 g/mol. The van der Waals surface area contributed by atoms with E-state index in [1.54, 1.807) is 0 Å². The summed E-state index contributed by atoms with van der Waals surface area (Å²) >= 11 is 0. The van der Waals surface area contributed by atoms with Crippen molar-refractivity contribution in [3.8, 4) is 0 Å². The minimum Gasteiger partial charge on any atom is -0.394 e. The van der Waals surface area contributed by atoms with Crippen LogP contribution in [0.1, 0.15) is 0 Å². The molecule has 0 heterocycles. The van der Waals surface area contributed by atoms with Gasteiger partial charge in [-0.2, -0.15) is 0 Å². The summed E-state index contributed by atoms with van der Waals surface area (Å²) in [4.78, 5) is 9.90. The molecule has 0 spiro atoms. The van der Waals surface area contributed by atoms with Crippen molar-refractivity contribution in [3.05, 3.63) is 0 Å². The molecular weight excluding hydrogens is 223 g/mol. The van der Waals surface area contributed by atoms with Crippen LogP contribution in [0.2, 0.25) is 0 Å². The molecule has 0 aromatic heterocycles. The van der Waals surface area contributed by atoms with Gasteiger partial charge < -0.3 is 30.3 Å². The van der Waals surface area contributed by atoms with Crippen LogP contribution < -0.4 is 0 Å². The van der Waals surface area contributed by atoms with E-state index in [-0.39, 0.29) is 23.4 Å². The minimum atomic E-state index is -1.79. The Balaban J connectivity index is 0. The minimum absolute atomic E-state index is 0. The van der Waals surface area contributed by atoms with E-state index in [0.717, 1.165) is 0 Å². The zero-order chi connectivity index (χ0) is 9.72. The Morgan fingerprint density at radius 3 is 1.85 bits per heavy atom. The molecule has 0 saturated heterocycles. The van der Waals surface area contributed by atoms with Gasteiger partial charge in [0, 0.05) is 17.1 Å². The second-order valence-electron chi connectivity index (χ2n) is 2.36. The van der Waals surface area contributed by atoms with Gasteiger partial charge in [-0.05, 0) is 0 Å². The van der Waals surface area contributed by atoms with Gasteiger partial charge in [0.15, 0.2) is 6.29 Å². The van der Waals surface area contributed by atoms with Crippen molar-refractivity contribution < 1.29 is 47.4 Å². The summed E-state index contributed by atoms with van der Waals surface area (Å²) in [6.45, 7) is -0.760. The van der Waals surface area contributed by atoms with Crippen LogP contribution >= 0.6 is 0 Å². The van der Waals surface area contributed by atoms with Crippen molar-refractivity contribution in [1.82, 2.24) is 0 Å². The van der Waals surface area contributed by atoms with Crippen LogP contribution in [0.3, 0.4) is 0 Å². The number of carbonyl (C=O) groups excluding carboxylic acids is 1. The van der Waals surface area contributed by atoms with E-state index in [4.69, 9.17) is 25.5 Å². The maximum absolute atomic E-state index is 9.90. The molecule has 0 saturated carbocycles. The second-order valence-corrected chi connectivity index (χ2v) is 2.36. The molecule has 0 fully saturated rings. The van der Waals surface area contributed by atoms with Gasteiger partial charge in [0.2, 0.25) is 0 Å². The molecule has 0 rings (SSSR count). The topological polar surface area (TPSA) is 118 Å². The first kappa shape index (κ1) is 15.5. The molecule has 0 aromatic carbocycles. The number of aliphatic hydroxyl groups excluding tert-OH is 5. The van der Waals surface area contributed by atoms with Crippen molar-refractivity contribution in [1.29, 1.82) is 0 Å². The first-order valence-corrected chi connectivity index (χ1v) is 3.33. The molecule has 13 heavy (non-hydrogen) atoms. The zero-order valence-corrected chi connectivity index (χ0v) is 7.80. The van der Waals surface area contributed by atoms with Crippen LogP contribution in [-0.4, -0.2) is 62.8 Å². The van der Waals surface area contributed by atoms with E-state index in [0.29, 0.717) is 0 Å². The molecule has 6 nitrogen and oxygen atoms in total. The number of aldehydes is 1. The predicted octanol–water partition coefficient (Wildman–Crippen LogP) is -3.38. The number of rotatable bonds is 5. The summed E-state index contributed by atoms with van der Waals surface area (Å²) in [5.41, 5.74) is 0. The summed E-state index contributed by atoms with van der Waals surface area (Å²) in [6.07, 6.45) is -6.84. The Morgan fingerprint density at radius 1 is 1.08 bits per heavy atom. The van der Waals surface area contributed by atoms with Crippen LogP contribution in [-0.2, 0) is 21.9 Å². The van der Waals surface area contributed by atoms with E-state index in [1.807, 2.05) is 0 Å². The summed E-state index contributed by atoms with van der Waals surface area (Å²) < 4.78 is 0. The fourth-order valence-corrected chi connectivity index (χ4v) is 0.618. The summed E-state index contributed by atoms with van der Waals surface area (Å²) in [5.74, 6) is 0. The quantitative estimate of drug-likeness (QED) is 0.250. The van der Waals surface area contributed by atoms with Crippen LogP contribution in [0.15, 0.2) is 0 Å². The van der Waals surface area contributed by atoms with Gasteiger partial charge in [-0.1, -0.05) is 0 Å². The molecule has 1 radical (unpaired) electrons. The van der Waals surface area contributed by atoms with Crippen LogP contribution in [0, 0.1) is 0 Å². The molecule has 0 bridgehead atoms. The largest absolute Gasteiger partial charge is 0.394 e. The van der Waals surface area contributed by atoms with Crippen molar-refractivity contribution in [3.63, 3.8) is 0 Å². The molecule has 79 valence electrons. The number of hydrogen-bond donors (Lipinski definition) is 5. The van der Waals surface area contributed by atoms with E-state index in [9.17, 15) is 4.79 Å². The molecule has 0 aliphatic rings. The summed E-state index contributed by atoms with van der Waals surface area (Å²) in [6, 6.07) is 0. The number of carbonyl (C=O) groups is 1. The standard InChI is InChI=1S/C6H12O6.Mn/c7-1-3(9)5(11)6(12)4(10)2-8;/h1,3-6,8-12H,2H2;/t3-,4+,5+,6+;/m0./s1. The van der Waals surface area contributed by atoms with Crippen molar-refractivity contribution in [2.45, 2.75) is 24.4 Å². The zero-order valence-electron chi connectivity index (χ0n) is 6.62. The Morgan fingerprint density at radius 2 is 1.54 bits per heavy atom. The van der Waals surface area contributed by atoms with E-state index < -0.39 is 31.0 Å². The fraction of sp³-hybridized carbons (Fsp3) is 0.833. The first-order valence-electron chi connectivity index (χ1n) is 3.33. The van der Waals surface area contributed by atoms with Crippen LogP contribution in [0.5, 0.6) is 0 Å². The van der Waals surface area contributed by atoms with Gasteiger partial charge in [0.05, 0.1) is 6.61 Å². The molecule has 0 amide bonds. The SMILES string of the molecule is O=C[C@H](O)[C@@H](O)[C@H](O)[C@H](O)CO.[Mn]. The molecule has 7 heteroatoms. The van der Waals surface area contributed by atoms with E-state index in [2.05, 4.69) is 0 Å². The predicted molar refractivity (Wildman–Crippen MR) is 37.2 cm³/mol. The normalized spacial score (nSPS) is 19.5. The second kappa shape index (κ2) is 7.40. The summed E-state index contributed by atoms with van der Waals surface area (Å²) in [7, 11) is 0. The molecule has 5 N–H and O–H groups in total. The number of hydrogen-bond acceptors (Lipinski definition) is 6. The Hall–Kier alpha value is -0.0105. The molecule has 0 unspecified atom stereocenters. The maximum Gasteiger partial charge on any atom is 0.151 e. The first-order chi connectivity index (χ1) is 5.54. The van der Waals surface area contributed by atoms with E-state index in [1.165, 1.54) is 0 Å². The van der Waals surface area contributed by atoms with E-state index >= 15 is 0 Å². The van der Waals surface area contributed by atoms with Gasteiger partial charge >= 0.3 is 0 Å². The van der Waals surface area contributed by atoms with Gasteiger partial charge in [-0.25, -0.2) is 0 Å². The molecular formula is C6H12MnO6. The summed E-state index contributed by atoms with van der Waals surface area (Å²) in [5, 5.41) is 43.5. The Labute approximate surface area is 85.3 Å².